The second-order valence-corrected chi connectivity index (χ2v) is 3.33. The molecule has 0 aliphatic heterocycles. The van der Waals surface area contributed by atoms with E-state index in [0.29, 0.717) is 6.07 Å². The highest BCUT2D eigenvalue weighted by molar-refractivity contribution is 5.27. The molecule has 0 aliphatic carbocycles. The average Bonchev–Trinajstić information content (AvgIpc) is 2.20. The minimum absolute atomic E-state index is 0.389. The highest BCUT2D eigenvalue weighted by Gasteiger charge is 2.30. The first kappa shape index (κ1) is 11.9. The summed E-state index contributed by atoms with van der Waals surface area (Å²) in [5, 5.41) is 9.49. The zero-order valence-corrected chi connectivity index (χ0v) is 7.82. The van der Waals surface area contributed by atoms with Crippen LogP contribution < -0.4 is 5.73 Å². The van der Waals surface area contributed by atoms with Gasteiger partial charge in [-0.25, -0.2) is 17.6 Å². The van der Waals surface area contributed by atoms with Crippen LogP contribution in [0.3, 0.4) is 0 Å². The summed E-state index contributed by atoms with van der Waals surface area (Å²) in [5.74, 6) is -7.08. The summed E-state index contributed by atoms with van der Waals surface area (Å²) in [6.07, 6.45) is 0. The third-order valence-electron chi connectivity index (χ3n) is 2.08. The molecule has 6 heteroatoms. The smallest absolute Gasteiger partial charge is 0.197 e. The van der Waals surface area contributed by atoms with E-state index < -0.39 is 41.0 Å². The molecule has 0 heterocycles. The molecule has 1 atom stereocenters. The highest BCUT2D eigenvalue weighted by Crippen LogP contribution is 2.27. The van der Waals surface area contributed by atoms with Crippen LogP contribution in [0.5, 0.6) is 0 Å². The van der Waals surface area contributed by atoms with E-state index in [4.69, 9.17) is 5.73 Å². The number of benzene rings is 1. The molecule has 84 valence electrons. The zero-order chi connectivity index (χ0) is 11.8. The first-order valence-electron chi connectivity index (χ1n) is 4.07. The van der Waals surface area contributed by atoms with Gasteiger partial charge in [0.1, 0.15) is 5.60 Å². The lowest BCUT2D eigenvalue weighted by atomic mass is 9.95. The molecular weight excluding hydrogens is 214 g/mol. The van der Waals surface area contributed by atoms with Gasteiger partial charge in [-0.05, 0) is 13.0 Å². The lowest BCUT2D eigenvalue weighted by Gasteiger charge is -2.22. The van der Waals surface area contributed by atoms with Gasteiger partial charge in [0.05, 0.1) is 0 Å². The fourth-order valence-corrected chi connectivity index (χ4v) is 1.07. The van der Waals surface area contributed by atoms with Crippen LogP contribution in [0.1, 0.15) is 12.5 Å². The molecule has 0 fully saturated rings. The van der Waals surface area contributed by atoms with Gasteiger partial charge in [-0.2, -0.15) is 0 Å². The van der Waals surface area contributed by atoms with Gasteiger partial charge in [-0.1, -0.05) is 0 Å². The number of nitrogens with two attached hydrogens (primary N) is 1. The van der Waals surface area contributed by atoms with Crippen LogP contribution in [0.4, 0.5) is 17.6 Å². The molecule has 1 aromatic rings. The van der Waals surface area contributed by atoms with Crippen LogP contribution in [0.25, 0.3) is 0 Å². The van der Waals surface area contributed by atoms with Gasteiger partial charge in [0.15, 0.2) is 23.3 Å². The molecule has 0 saturated carbocycles. The van der Waals surface area contributed by atoms with Crippen molar-refractivity contribution in [3.8, 4) is 0 Å². The van der Waals surface area contributed by atoms with Crippen LogP contribution in [0.2, 0.25) is 0 Å². The van der Waals surface area contributed by atoms with Crippen molar-refractivity contribution in [3.05, 3.63) is 34.9 Å². The molecule has 2 nitrogen and oxygen atoms in total. The van der Waals surface area contributed by atoms with Gasteiger partial charge in [0.25, 0.3) is 0 Å². The van der Waals surface area contributed by atoms with Gasteiger partial charge >= 0.3 is 0 Å². The maximum absolute atomic E-state index is 13.1. The summed E-state index contributed by atoms with van der Waals surface area (Å²) in [5.41, 5.74) is 2.44. The van der Waals surface area contributed by atoms with Crippen LogP contribution in [-0.4, -0.2) is 11.7 Å². The molecule has 0 spiro atoms. The maximum atomic E-state index is 13.1. The third-order valence-corrected chi connectivity index (χ3v) is 2.08. The second kappa shape index (κ2) is 3.79. The monoisotopic (exact) mass is 223 g/mol. The van der Waals surface area contributed by atoms with Crippen molar-refractivity contribution < 1.29 is 22.7 Å². The summed E-state index contributed by atoms with van der Waals surface area (Å²) in [6, 6.07) is 0.389. The lowest BCUT2D eigenvalue weighted by Crippen LogP contribution is -2.33. The Morgan fingerprint density at radius 1 is 1.20 bits per heavy atom. The van der Waals surface area contributed by atoms with Crippen molar-refractivity contribution in [1.82, 2.24) is 0 Å². The van der Waals surface area contributed by atoms with Crippen molar-refractivity contribution in [2.45, 2.75) is 12.5 Å². The SMILES string of the molecule is CC(O)(CN)c1cc(F)c(F)c(F)c1F. The molecule has 0 radical (unpaired) electrons. The first-order valence-corrected chi connectivity index (χ1v) is 4.07. The Bertz CT molecular complexity index is 392. The van der Waals surface area contributed by atoms with Gasteiger partial charge in [0, 0.05) is 12.1 Å². The van der Waals surface area contributed by atoms with Crippen molar-refractivity contribution in [1.29, 1.82) is 0 Å². The topological polar surface area (TPSA) is 46.2 Å². The van der Waals surface area contributed by atoms with Gasteiger partial charge < -0.3 is 10.8 Å². The molecule has 0 saturated heterocycles. The molecule has 0 amide bonds. The molecule has 0 bridgehead atoms. The van der Waals surface area contributed by atoms with Crippen LogP contribution in [0, 0.1) is 23.3 Å². The Balaban J connectivity index is 3.45. The van der Waals surface area contributed by atoms with E-state index in [1.165, 1.54) is 0 Å². The summed E-state index contributed by atoms with van der Waals surface area (Å²) >= 11 is 0. The lowest BCUT2D eigenvalue weighted by molar-refractivity contribution is 0.0613. The molecule has 0 aromatic heterocycles. The van der Waals surface area contributed by atoms with Crippen molar-refractivity contribution in [2.75, 3.05) is 6.54 Å². The normalized spacial score (nSPS) is 15.1. The van der Waals surface area contributed by atoms with Crippen LogP contribution >= 0.6 is 0 Å². The maximum Gasteiger partial charge on any atom is 0.197 e. The average molecular weight is 223 g/mol. The van der Waals surface area contributed by atoms with Crippen LogP contribution in [0.15, 0.2) is 6.07 Å². The van der Waals surface area contributed by atoms with E-state index >= 15 is 0 Å². The standard InChI is InChI=1S/C9H9F4NO/c1-9(15,3-14)4-2-5(10)7(12)8(13)6(4)11/h2,15H,3,14H2,1H3. The fourth-order valence-electron chi connectivity index (χ4n) is 1.07. The molecule has 15 heavy (non-hydrogen) atoms. The number of hydrogen-bond acceptors (Lipinski definition) is 2. The van der Waals surface area contributed by atoms with Crippen LogP contribution in [-0.2, 0) is 5.60 Å². The van der Waals surface area contributed by atoms with Gasteiger partial charge in [0.2, 0.25) is 0 Å². The largest absolute Gasteiger partial charge is 0.384 e. The minimum atomic E-state index is -1.96. The van der Waals surface area contributed by atoms with Crippen molar-refractivity contribution >= 4 is 0 Å². The molecule has 3 N–H and O–H groups in total. The van der Waals surface area contributed by atoms with E-state index in [0.717, 1.165) is 6.92 Å². The Hall–Kier alpha value is -1.14. The van der Waals surface area contributed by atoms with E-state index in [2.05, 4.69) is 0 Å². The number of rotatable bonds is 2. The predicted octanol–water partition coefficient (Wildman–Crippen LogP) is 1.41. The molecule has 1 aromatic carbocycles. The summed E-state index contributed by atoms with van der Waals surface area (Å²) < 4.78 is 51.2. The van der Waals surface area contributed by atoms with E-state index in [9.17, 15) is 22.7 Å². The molecule has 1 rings (SSSR count). The Morgan fingerprint density at radius 3 is 2.20 bits per heavy atom. The zero-order valence-electron chi connectivity index (χ0n) is 7.82. The van der Waals surface area contributed by atoms with E-state index in [1.54, 1.807) is 0 Å². The summed E-state index contributed by atoms with van der Waals surface area (Å²) in [4.78, 5) is 0. The Morgan fingerprint density at radius 2 is 1.73 bits per heavy atom. The summed E-state index contributed by atoms with van der Waals surface area (Å²) in [6.45, 7) is 0.622. The van der Waals surface area contributed by atoms with E-state index in [1.807, 2.05) is 0 Å². The molecular formula is C9H9F4NO. The molecule has 1 unspecified atom stereocenters. The number of hydrogen-bond donors (Lipinski definition) is 2. The minimum Gasteiger partial charge on any atom is -0.384 e. The third kappa shape index (κ3) is 1.95. The van der Waals surface area contributed by atoms with Gasteiger partial charge in [-0.3, -0.25) is 0 Å². The number of aliphatic hydroxyl groups is 1. The first-order chi connectivity index (χ1) is 6.81. The predicted molar refractivity (Wildman–Crippen MR) is 44.9 cm³/mol. The molecule has 0 aliphatic rings. The fraction of sp³-hybridized carbons (Fsp3) is 0.333. The summed E-state index contributed by atoms with van der Waals surface area (Å²) in [7, 11) is 0. The second-order valence-electron chi connectivity index (χ2n) is 3.33. The van der Waals surface area contributed by atoms with E-state index in [-0.39, 0.29) is 0 Å². The highest BCUT2D eigenvalue weighted by atomic mass is 19.2. The van der Waals surface area contributed by atoms with Crippen molar-refractivity contribution in [2.24, 2.45) is 5.73 Å². The number of halogens is 4. The Labute approximate surface area is 83.3 Å². The van der Waals surface area contributed by atoms with Crippen molar-refractivity contribution in [3.63, 3.8) is 0 Å². The quantitative estimate of drug-likeness (QED) is 0.452. The van der Waals surface area contributed by atoms with Gasteiger partial charge in [-0.15, -0.1) is 0 Å². The Kier molecular flexibility index (Phi) is 3.01.